The molecular weight excluding hydrogens is 152 g/mol. The second kappa shape index (κ2) is 4.07. The van der Waals surface area contributed by atoms with E-state index in [0.717, 1.165) is 12.8 Å². The number of rotatable bonds is 3. The predicted octanol–water partition coefficient (Wildman–Crippen LogP) is 1.17. The van der Waals surface area contributed by atoms with E-state index in [4.69, 9.17) is 5.73 Å². The van der Waals surface area contributed by atoms with Gasteiger partial charge in [0.2, 0.25) is 0 Å². The van der Waals surface area contributed by atoms with Crippen LogP contribution >= 0.6 is 0 Å². The number of nitrogens with one attached hydrogen (secondary N) is 1. The summed E-state index contributed by atoms with van der Waals surface area (Å²) in [7, 11) is 0. The molecule has 1 aromatic rings. The first-order valence-electron chi connectivity index (χ1n) is 4.19. The Labute approximate surface area is 71.6 Å². The van der Waals surface area contributed by atoms with Crippen molar-refractivity contribution < 1.29 is 0 Å². The van der Waals surface area contributed by atoms with Crippen molar-refractivity contribution in [3.05, 3.63) is 34.2 Å². The Morgan fingerprint density at radius 3 is 3.00 bits per heavy atom. The smallest absolute Gasteiger partial charge is 0.252 e. The molecule has 0 aliphatic carbocycles. The molecule has 1 atom stereocenters. The SMILES string of the molecule is CCCC(N)c1ccc[nH]c1=O. The summed E-state index contributed by atoms with van der Waals surface area (Å²) in [5.74, 6) is 0. The van der Waals surface area contributed by atoms with Crippen LogP contribution in [0, 0.1) is 0 Å². The van der Waals surface area contributed by atoms with Gasteiger partial charge in [-0.05, 0) is 12.5 Å². The molecule has 3 N–H and O–H groups in total. The monoisotopic (exact) mass is 166 g/mol. The molecule has 66 valence electrons. The second-order valence-corrected chi connectivity index (χ2v) is 2.85. The molecule has 1 aromatic heterocycles. The maximum atomic E-state index is 11.2. The second-order valence-electron chi connectivity index (χ2n) is 2.85. The molecule has 1 heterocycles. The first kappa shape index (κ1) is 9.00. The van der Waals surface area contributed by atoms with Crippen molar-refractivity contribution in [2.75, 3.05) is 0 Å². The largest absolute Gasteiger partial charge is 0.329 e. The summed E-state index contributed by atoms with van der Waals surface area (Å²) < 4.78 is 0. The average molecular weight is 166 g/mol. The van der Waals surface area contributed by atoms with Crippen molar-refractivity contribution in [2.45, 2.75) is 25.8 Å². The fraction of sp³-hybridized carbons (Fsp3) is 0.444. The van der Waals surface area contributed by atoms with E-state index in [0.29, 0.717) is 5.56 Å². The third kappa shape index (κ3) is 1.95. The van der Waals surface area contributed by atoms with Crippen LogP contribution in [0.4, 0.5) is 0 Å². The molecule has 0 aromatic carbocycles. The molecule has 0 spiro atoms. The molecule has 0 radical (unpaired) electrons. The highest BCUT2D eigenvalue weighted by Crippen LogP contribution is 2.09. The highest BCUT2D eigenvalue weighted by atomic mass is 16.1. The summed E-state index contributed by atoms with van der Waals surface area (Å²) in [5, 5.41) is 0. The summed E-state index contributed by atoms with van der Waals surface area (Å²) >= 11 is 0. The van der Waals surface area contributed by atoms with Crippen LogP contribution in [0.25, 0.3) is 0 Å². The van der Waals surface area contributed by atoms with Crippen molar-refractivity contribution in [3.63, 3.8) is 0 Å². The van der Waals surface area contributed by atoms with E-state index in [9.17, 15) is 4.79 Å². The zero-order valence-electron chi connectivity index (χ0n) is 7.21. The molecule has 1 unspecified atom stereocenters. The summed E-state index contributed by atoms with van der Waals surface area (Å²) in [6, 6.07) is 3.45. The molecule has 0 fully saturated rings. The Bertz CT molecular complexity index is 293. The van der Waals surface area contributed by atoms with Gasteiger partial charge in [-0.25, -0.2) is 0 Å². The van der Waals surface area contributed by atoms with Crippen molar-refractivity contribution >= 4 is 0 Å². The molecule has 0 amide bonds. The number of pyridine rings is 1. The van der Waals surface area contributed by atoms with E-state index in [1.54, 1.807) is 18.3 Å². The van der Waals surface area contributed by atoms with Crippen LogP contribution in [0.15, 0.2) is 23.1 Å². The lowest BCUT2D eigenvalue weighted by atomic mass is 10.1. The molecule has 0 aliphatic rings. The zero-order chi connectivity index (χ0) is 8.97. The van der Waals surface area contributed by atoms with E-state index in [1.165, 1.54) is 0 Å². The fourth-order valence-corrected chi connectivity index (χ4v) is 1.19. The van der Waals surface area contributed by atoms with E-state index in [2.05, 4.69) is 11.9 Å². The molecule has 0 aliphatic heterocycles. The van der Waals surface area contributed by atoms with Gasteiger partial charge in [0, 0.05) is 17.8 Å². The van der Waals surface area contributed by atoms with Crippen molar-refractivity contribution in [3.8, 4) is 0 Å². The summed E-state index contributed by atoms with van der Waals surface area (Å²) in [6.45, 7) is 2.05. The Morgan fingerprint density at radius 1 is 1.67 bits per heavy atom. The number of aromatic amines is 1. The van der Waals surface area contributed by atoms with Gasteiger partial charge in [0.15, 0.2) is 0 Å². The summed E-state index contributed by atoms with van der Waals surface area (Å²) in [6.07, 6.45) is 3.47. The minimum absolute atomic E-state index is 0.0709. The lowest BCUT2D eigenvalue weighted by Crippen LogP contribution is -2.20. The molecule has 0 saturated carbocycles. The molecule has 3 heteroatoms. The van der Waals surface area contributed by atoms with Gasteiger partial charge in [-0.15, -0.1) is 0 Å². The zero-order valence-corrected chi connectivity index (χ0v) is 7.21. The number of hydrogen-bond acceptors (Lipinski definition) is 2. The normalized spacial score (nSPS) is 12.8. The van der Waals surface area contributed by atoms with Gasteiger partial charge in [-0.3, -0.25) is 4.79 Å². The van der Waals surface area contributed by atoms with E-state index in [-0.39, 0.29) is 11.6 Å². The van der Waals surface area contributed by atoms with Gasteiger partial charge in [0.05, 0.1) is 0 Å². The summed E-state index contributed by atoms with van der Waals surface area (Å²) in [4.78, 5) is 13.8. The standard InChI is InChI=1S/C9H14N2O/c1-2-4-8(10)7-5-3-6-11-9(7)12/h3,5-6,8H,2,4,10H2,1H3,(H,11,12). The first-order valence-corrected chi connectivity index (χ1v) is 4.19. The lowest BCUT2D eigenvalue weighted by molar-refractivity contribution is 0.631. The highest BCUT2D eigenvalue weighted by Gasteiger charge is 2.07. The predicted molar refractivity (Wildman–Crippen MR) is 48.9 cm³/mol. The van der Waals surface area contributed by atoms with E-state index < -0.39 is 0 Å². The highest BCUT2D eigenvalue weighted by molar-refractivity contribution is 5.13. The van der Waals surface area contributed by atoms with Gasteiger partial charge in [0.1, 0.15) is 0 Å². The van der Waals surface area contributed by atoms with Crippen LogP contribution < -0.4 is 11.3 Å². The van der Waals surface area contributed by atoms with Crippen LogP contribution in [-0.4, -0.2) is 4.98 Å². The quantitative estimate of drug-likeness (QED) is 0.708. The van der Waals surface area contributed by atoms with Crippen LogP contribution in [0.2, 0.25) is 0 Å². The Kier molecular flexibility index (Phi) is 3.05. The maximum absolute atomic E-state index is 11.2. The maximum Gasteiger partial charge on any atom is 0.252 e. The molecule has 3 nitrogen and oxygen atoms in total. The number of hydrogen-bond donors (Lipinski definition) is 2. The van der Waals surface area contributed by atoms with Crippen molar-refractivity contribution in [1.82, 2.24) is 4.98 Å². The van der Waals surface area contributed by atoms with Gasteiger partial charge in [0.25, 0.3) is 5.56 Å². The molecule has 12 heavy (non-hydrogen) atoms. The van der Waals surface area contributed by atoms with Crippen LogP contribution in [0.3, 0.4) is 0 Å². The minimum atomic E-state index is -0.125. The number of aromatic nitrogens is 1. The molecule has 0 bridgehead atoms. The third-order valence-corrected chi connectivity index (χ3v) is 1.85. The Balaban J connectivity index is 2.87. The minimum Gasteiger partial charge on any atom is -0.329 e. The Morgan fingerprint density at radius 2 is 2.42 bits per heavy atom. The number of H-pyrrole nitrogens is 1. The van der Waals surface area contributed by atoms with Gasteiger partial charge in [-0.2, -0.15) is 0 Å². The van der Waals surface area contributed by atoms with E-state index >= 15 is 0 Å². The van der Waals surface area contributed by atoms with Gasteiger partial charge < -0.3 is 10.7 Å². The van der Waals surface area contributed by atoms with Gasteiger partial charge >= 0.3 is 0 Å². The first-order chi connectivity index (χ1) is 5.75. The van der Waals surface area contributed by atoms with Crippen LogP contribution in [0.1, 0.15) is 31.4 Å². The van der Waals surface area contributed by atoms with Crippen molar-refractivity contribution in [1.29, 1.82) is 0 Å². The summed E-state index contributed by atoms with van der Waals surface area (Å²) in [5.41, 5.74) is 6.40. The van der Waals surface area contributed by atoms with Crippen LogP contribution in [0.5, 0.6) is 0 Å². The van der Waals surface area contributed by atoms with Crippen molar-refractivity contribution in [2.24, 2.45) is 5.73 Å². The molecule has 1 rings (SSSR count). The van der Waals surface area contributed by atoms with Crippen LogP contribution in [-0.2, 0) is 0 Å². The lowest BCUT2D eigenvalue weighted by Gasteiger charge is -2.07. The third-order valence-electron chi connectivity index (χ3n) is 1.85. The van der Waals surface area contributed by atoms with Gasteiger partial charge in [-0.1, -0.05) is 19.4 Å². The van der Waals surface area contributed by atoms with E-state index in [1.807, 2.05) is 0 Å². The number of nitrogens with two attached hydrogens (primary N) is 1. The molecule has 0 saturated heterocycles. The molecular formula is C9H14N2O. The Hall–Kier alpha value is -1.09. The topological polar surface area (TPSA) is 58.9 Å². The fourth-order valence-electron chi connectivity index (χ4n) is 1.19. The average Bonchev–Trinajstić information content (AvgIpc) is 2.05.